The van der Waals surface area contributed by atoms with E-state index in [1.807, 2.05) is 52.0 Å². The van der Waals surface area contributed by atoms with Crippen molar-refractivity contribution in [1.82, 2.24) is 5.32 Å². The monoisotopic (exact) mass is 338 g/mol. The normalized spacial score (nSPS) is 21.1. The van der Waals surface area contributed by atoms with Gasteiger partial charge in [0.2, 0.25) is 5.91 Å². The van der Waals surface area contributed by atoms with E-state index in [-0.39, 0.29) is 16.2 Å². The van der Waals surface area contributed by atoms with E-state index in [2.05, 4.69) is 5.32 Å². The number of thioether (sulfide) groups is 1. The van der Waals surface area contributed by atoms with Crippen molar-refractivity contribution in [2.45, 2.75) is 57.2 Å². The molecule has 0 atom stereocenters. The zero-order valence-corrected chi connectivity index (χ0v) is 15.1. The molecule has 2 aliphatic rings. The fourth-order valence-electron chi connectivity index (χ4n) is 2.52. The number of benzene rings is 1. The second kappa shape index (κ2) is 6.63. The van der Waals surface area contributed by atoms with Crippen LogP contribution in [0.1, 0.15) is 52.5 Å². The Bertz CT molecular complexity index is 577. The molecule has 0 radical (unpaired) electrons. The predicted molar refractivity (Wildman–Crippen MR) is 95.6 cm³/mol. The van der Waals surface area contributed by atoms with Gasteiger partial charge in [-0.05, 0) is 50.8 Å². The topological polar surface area (TPSA) is 41.5 Å². The third kappa shape index (κ3) is 3.33. The molecule has 0 bridgehead atoms. The smallest absolute Gasteiger partial charge is 0.242 e. The summed E-state index contributed by atoms with van der Waals surface area (Å²) >= 11 is 7.51. The summed E-state index contributed by atoms with van der Waals surface area (Å²) < 4.78 is -0.227. The molecule has 1 aromatic rings. The number of carbonyl (C=O) groups is 1. The van der Waals surface area contributed by atoms with Crippen molar-refractivity contribution in [3.63, 3.8) is 0 Å². The molecule has 1 spiro atoms. The highest BCUT2D eigenvalue weighted by Crippen LogP contribution is 2.48. The fourth-order valence-corrected chi connectivity index (χ4v) is 4.07. The molecule has 1 aliphatic heterocycles. The molecule has 120 valence electrons. The number of nitrogens with zero attached hydrogens (tertiary/aromatic N) is 1. The molecule has 1 saturated heterocycles. The first-order valence-electron chi connectivity index (χ1n) is 7.78. The highest BCUT2D eigenvalue weighted by atomic mass is 35.5. The maximum absolute atomic E-state index is 12.0. The Morgan fingerprint density at radius 1 is 1.23 bits per heavy atom. The van der Waals surface area contributed by atoms with Crippen LogP contribution in [-0.2, 0) is 10.3 Å². The van der Waals surface area contributed by atoms with Crippen molar-refractivity contribution in [2.24, 2.45) is 4.99 Å². The van der Waals surface area contributed by atoms with Gasteiger partial charge in [-0.1, -0.05) is 49.3 Å². The van der Waals surface area contributed by atoms with Crippen LogP contribution in [0.4, 0.5) is 0 Å². The molecular weight excluding hydrogens is 316 g/mol. The maximum atomic E-state index is 12.0. The van der Waals surface area contributed by atoms with E-state index < -0.39 is 0 Å². The van der Waals surface area contributed by atoms with E-state index >= 15 is 0 Å². The summed E-state index contributed by atoms with van der Waals surface area (Å²) in [4.78, 5) is 16.8. The first kappa shape index (κ1) is 17.4. The first-order chi connectivity index (χ1) is 10.4. The number of hydrogen-bond acceptors (Lipinski definition) is 3. The summed E-state index contributed by atoms with van der Waals surface area (Å²) in [6.45, 7) is 8.09. The molecule has 1 N–H and O–H groups in total. The molecule has 3 rings (SSSR count). The molecule has 1 heterocycles. The average molecular weight is 339 g/mol. The van der Waals surface area contributed by atoms with Crippen LogP contribution in [0.15, 0.2) is 29.3 Å². The lowest BCUT2D eigenvalue weighted by Gasteiger charge is -2.33. The number of amidine groups is 1. The number of amides is 1. The van der Waals surface area contributed by atoms with Gasteiger partial charge in [-0.3, -0.25) is 9.79 Å². The molecule has 3 nitrogen and oxygen atoms in total. The van der Waals surface area contributed by atoms with Gasteiger partial charge in [-0.2, -0.15) is 0 Å². The summed E-state index contributed by atoms with van der Waals surface area (Å²) in [5.41, 5.74) is 0.703. The van der Waals surface area contributed by atoms with Crippen LogP contribution in [0.5, 0.6) is 0 Å². The van der Waals surface area contributed by atoms with Crippen LogP contribution >= 0.6 is 23.4 Å². The largest absolute Gasteiger partial charge is 0.304 e. The molecule has 1 amide bonds. The van der Waals surface area contributed by atoms with Crippen LogP contribution < -0.4 is 5.32 Å². The van der Waals surface area contributed by atoms with Gasteiger partial charge in [0, 0.05) is 5.02 Å². The summed E-state index contributed by atoms with van der Waals surface area (Å²) in [5, 5.41) is 4.39. The minimum Gasteiger partial charge on any atom is -0.304 e. The third-order valence-corrected chi connectivity index (χ3v) is 5.64. The molecule has 0 aromatic heterocycles. The average Bonchev–Trinajstić information content (AvgIpc) is 2.77. The number of carbonyl (C=O) groups excluding carboxylic acids is 1. The van der Waals surface area contributed by atoms with Gasteiger partial charge >= 0.3 is 0 Å². The first-order valence-corrected chi connectivity index (χ1v) is 8.97. The number of halogens is 1. The third-order valence-electron chi connectivity index (χ3n) is 4.02. The summed E-state index contributed by atoms with van der Waals surface area (Å²) in [5.74, 6) is 0.124. The van der Waals surface area contributed by atoms with Crippen LogP contribution in [-0.4, -0.2) is 15.8 Å². The van der Waals surface area contributed by atoms with Crippen LogP contribution in [0.25, 0.3) is 0 Å². The molecule has 2 fully saturated rings. The number of hydrogen-bond donors (Lipinski definition) is 1. The van der Waals surface area contributed by atoms with Gasteiger partial charge < -0.3 is 5.32 Å². The van der Waals surface area contributed by atoms with E-state index in [0.717, 1.165) is 30.0 Å². The van der Waals surface area contributed by atoms with Crippen LogP contribution in [0.3, 0.4) is 0 Å². The van der Waals surface area contributed by atoms with Crippen LogP contribution in [0, 0.1) is 0 Å². The Hall–Kier alpha value is -1.00. The van der Waals surface area contributed by atoms with Crippen molar-refractivity contribution >= 4 is 34.4 Å². The number of nitrogens with one attached hydrogen (secondary N) is 1. The Kier molecular flexibility index (Phi) is 5.23. The van der Waals surface area contributed by atoms with Gasteiger partial charge in [-0.15, -0.1) is 0 Å². The molecule has 1 saturated carbocycles. The van der Waals surface area contributed by atoms with Gasteiger partial charge in [-0.25, -0.2) is 0 Å². The maximum Gasteiger partial charge on any atom is 0.242 e. The Morgan fingerprint density at radius 2 is 1.82 bits per heavy atom. The lowest BCUT2D eigenvalue weighted by molar-refractivity contribution is -0.123. The quantitative estimate of drug-likeness (QED) is 0.845. The van der Waals surface area contributed by atoms with Crippen molar-refractivity contribution < 1.29 is 4.79 Å². The van der Waals surface area contributed by atoms with Gasteiger partial charge in [0.05, 0.1) is 5.54 Å². The van der Waals surface area contributed by atoms with E-state index in [4.69, 9.17) is 16.6 Å². The summed E-state index contributed by atoms with van der Waals surface area (Å²) in [6.07, 6.45) is 3.06. The van der Waals surface area contributed by atoms with Gasteiger partial charge in [0.15, 0.2) is 5.17 Å². The van der Waals surface area contributed by atoms with Crippen molar-refractivity contribution in [1.29, 1.82) is 0 Å². The summed E-state index contributed by atoms with van der Waals surface area (Å²) in [6, 6.07) is 7.69. The van der Waals surface area contributed by atoms with E-state index in [1.54, 1.807) is 11.8 Å². The van der Waals surface area contributed by atoms with E-state index in [1.165, 1.54) is 0 Å². The molecule has 5 heteroatoms. The van der Waals surface area contributed by atoms with E-state index in [0.29, 0.717) is 5.02 Å². The lowest BCUT2D eigenvalue weighted by Crippen LogP contribution is -2.42. The zero-order valence-electron chi connectivity index (χ0n) is 13.6. The van der Waals surface area contributed by atoms with Crippen molar-refractivity contribution in [3.8, 4) is 0 Å². The Labute approximate surface area is 141 Å². The summed E-state index contributed by atoms with van der Waals surface area (Å²) in [7, 11) is 0. The zero-order chi connectivity index (χ0) is 16.4. The van der Waals surface area contributed by atoms with Crippen molar-refractivity contribution in [3.05, 3.63) is 34.9 Å². The molecule has 22 heavy (non-hydrogen) atoms. The van der Waals surface area contributed by atoms with E-state index in [9.17, 15) is 4.79 Å². The van der Waals surface area contributed by atoms with Crippen LogP contribution in [0.2, 0.25) is 5.02 Å². The predicted octanol–water partition coefficient (Wildman–Crippen LogP) is 4.74. The molecule has 0 unspecified atom stereocenters. The highest BCUT2D eigenvalue weighted by molar-refractivity contribution is 8.16. The number of rotatable bonds is 2. The minimum atomic E-state index is -0.379. The SMILES string of the molecule is CC.CC(C)(N=C1NC(=O)C2(CCC2)S1)c1ccc(Cl)cc1. The second-order valence-electron chi connectivity index (χ2n) is 5.89. The standard InChI is InChI=1S/C15H17ClN2OS.C2H6/c1-14(2,10-4-6-11(16)7-5-10)18-13-17-12(19)15(20-13)8-3-9-15;1-2/h4-7H,3,8-9H2,1-2H3,(H,17,18,19);1-2H3. The minimum absolute atomic E-state index is 0.124. The molecule has 1 aliphatic carbocycles. The fraction of sp³-hybridized carbons (Fsp3) is 0.529. The van der Waals surface area contributed by atoms with Gasteiger partial charge in [0.1, 0.15) is 4.75 Å². The second-order valence-corrected chi connectivity index (χ2v) is 7.70. The molecular formula is C17H23ClN2OS. The number of aliphatic imine (C=N–C) groups is 1. The Morgan fingerprint density at radius 3 is 2.27 bits per heavy atom. The Balaban J connectivity index is 0.000000847. The highest BCUT2D eigenvalue weighted by Gasteiger charge is 2.51. The van der Waals surface area contributed by atoms with Crippen molar-refractivity contribution in [2.75, 3.05) is 0 Å². The lowest BCUT2D eigenvalue weighted by atomic mass is 9.84. The van der Waals surface area contributed by atoms with Gasteiger partial charge in [0.25, 0.3) is 0 Å². The molecule has 1 aromatic carbocycles.